The molecule has 3 aromatic rings. The third kappa shape index (κ3) is 3.35. The molecule has 116 valence electrons. The minimum Gasteiger partial charge on any atom is -0.497 e. The summed E-state index contributed by atoms with van der Waals surface area (Å²) in [6.45, 7) is 0. The molecule has 0 radical (unpaired) electrons. The third-order valence-electron chi connectivity index (χ3n) is 3.22. The number of anilines is 1. The zero-order chi connectivity index (χ0) is 16.2. The second-order valence-electron chi connectivity index (χ2n) is 4.74. The maximum absolute atomic E-state index is 12.2. The Bertz CT molecular complexity index is 845. The van der Waals surface area contributed by atoms with Crippen LogP contribution in [0.15, 0.2) is 59.1 Å². The SMILES string of the molecule is COc1cccc(-c2cc(C(=O)Nc3ccccc3Cl)no2)c1. The predicted octanol–water partition coefficient (Wildman–Crippen LogP) is 4.26. The van der Waals surface area contributed by atoms with Crippen molar-refractivity contribution in [1.29, 1.82) is 0 Å². The van der Waals surface area contributed by atoms with Gasteiger partial charge in [0.15, 0.2) is 11.5 Å². The molecule has 0 fully saturated rings. The fraction of sp³-hybridized carbons (Fsp3) is 0.0588. The van der Waals surface area contributed by atoms with E-state index >= 15 is 0 Å². The van der Waals surface area contributed by atoms with Gasteiger partial charge in [0.05, 0.1) is 17.8 Å². The first kappa shape index (κ1) is 15.1. The number of halogens is 1. The molecule has 0 bridgehead atoms. The summed E-state index contributed by atoms with van der Waals surface area (Å²) in [7, 11) is 1.59. The second-order valence-corrected chi connectivity index (χ2v) is 5.15. The van der Waals surface area contributed by atoms with Gasteiger partial charge >= 0.3 is 0 Å². The van der Waals surface area contributed by atoms with E-state index < -0.39 is 5.91 Å². The van der Waals surface area contributed by atoms with Gasteiger partial charge in [0, 0.05) is 11.6 Å². The number of hydrogen-bond donors (Lipinski definition) is 1. The highest BCUT2D eigenvalue weighted by atomic mass is 35.5. The number of nitrogens with one attached hydrogen (secondary N) is 1. The second kappa shape index (κ2) is 6.54. The molecule has 5 nitrogen and oxygen atoms in total. The zero-order valence-corrected chi connectivity index (χ0v) is 13.0. The van der Waals surface area contributed by atoms with Crippen molar-refractivity contribution in [3.8, 4) is 17.1 Å². The summed E-state index contributed by atoms with van der Waals surface area (Å²) >= 11 is 6.02. The molecule has 0 unspecified atom stereocenters. The molecule has 0 aliphatic carbocycles. The molecule has 2 aromatic carbocycles. The van der Waals surface area contributed by atoms with E-state index in [4.69, 9.17) is 20.9 Å². The lowest BCUT2D eigenvalue weighted by Crippen LogP contribution is -2.12. The summed E-state index contributed by atoms with van der Waals surface area (Å²) in [5.74, 6) is 0.783. The zero-order valence-electron chi connectivity index (χ0n) is 12.2. The molecular weight excluding hydrogens is 316 g/mol. The highest BCUT2D eigenvalue weighted by molar-refractivity contribution is 6.33. The fourth-order valence-electron chi connectivity index (χ4n) is 2.04. The van der Waals surface area contributed by atoms with Crippen molar-refractivity contribution < 1.29 is 14.1 Å². The van der Waals surface area contributed by atoms with Crippen LogP contribution in [-0.4, -0.2) is 18.2 Å². The van der Waals surface area contributed by atoms with Crippen molar-refractivity contribution in [1.82, 2.24) is 5.16 Å². The minimum atomic E-state index is -0.393. The van der Waals surface area contributed by atoms with Gasteiger partial charge in [-0.1, -0.05) is 41.0 Å². The van der Waals surface area contributed by atoms with Crippen LogP contribution in [0, 0.1) is 0 Å². The molecule has 6 heteroatoms. The van der Waals surface area contributed by atoms with Crippen molar-refractivity contribution in [3.63, 3.8) is 0 Å². The summed E-state index contributed by atoms with van der Waals surface area (Å²) in [6.07, 6.45) is 0. The van der Waals surface area contributed by atoms with Crippen LogP contribution in [0.5, 0.6) is 5.75 Å². The highest BCUT2D eigenvalue weighted by Crippen LogP contribution is 2.25. The van der Waals surface area contributed by atoms with Crippen molar-refractivity contribution in [2.75, 3.05) is 12.4 Å². The lowest BCUT2D eigenvalue weighted by Gasteiger charge is -2.04. The molecule has 1 heterocycles. The van der Waals surface area contributed by atoms with Gasteiger partial charge in [-0.2, -0.15) is 0 Å². The van der Waals surface area contributed by atoms with Gasteiger partial charge in [0.25, 0.3) is 5.91 Å². The smallest absolute Gasteiger partial charge is 0.277 e. The van der Waals surface area contributed by atoms with Gasteiger partial charge < -0.3 is 14.6 Å². The van der Waals surface area contributed by atoms with Crippen LogP contribution < -0.4 is 10.1 Å². The Morgan fingerprint density at radius 1 is 1.17 bits per heavy atom. The normalized spacial score (nSPS) is 10.3. The molecular formula is C17H13ClN2O3. The summed E-state index contributed by atoms with van der Waals surface area (Å²) in [5.41, 5.74) is 1.46. The van der Waals surface area contributed by atoms with Gasteiger partial charge in [-0.25, -0.2) is 0 Å². The number of para-hydroxylation sites is 1. The van der Waals surface area contributed by atoms with Crippen LogP contribution in [0.1, 0.15) is 10.5 Å². The highest BCUT2D eigenvalue weighted by Gasteiger charge is 2.15. The Morgan fingerprint density at radius 3 is 2.78 bits per heavy atom. The molecule has 0 aliphatic heterocycles. The number of carbonyl (C=O) groups is 1. The quantitative estimate of drug-likeness (QED) is 0.777. The number of carbonyl (C=O) groups excluding carboxylic acids is 1. The van der Waals surface area contributed by atoms with Crippen molar-refractivity contribution in [3.05, 3.63) is 65.3 Å². The summed E-state index contributed by atoms with van der Waals surface area (Å²) in [4.78, 5) is 12.2. The van der Waals surface area contributed by atoms with E-state index in [2.05, 4.69) is 10.5 Å². The Balaban J connectivity index is 1.81. The van der Waals surface area contributed by atoms with Crippen molar-refractivity contribution in [2.45, 2.75) is 0 Å². The summed E-state index contributed by atoms with van der Waals surface area (Å²) in [5, 5.41) is 6.95. The number of methoxy groups -OCH3 is 1. The van der Waals surface area contributed by atoms with Crippen LogP contribution >= 0.6 is 11.6 Å². The van der Waals surface area contributed by atoms with E-state index in [0.717, 1.165) is 5.56 Å². The van der Waals surface area contributed by atoms with E-state index in [1.165, 1.54) is 0 Å². The average Bonchev–Trinajstić information content (AvgIpc) is 3.07. The number of rotatable bonds is 4. The van der Waals surface area contributed by atoms with Gasteiger partial charge in [0.1, 0.15) is 5.75 Å². The first-order valence-electron chi connectivity index (χ1n) is 6.84. The molecule has 0 aliphatic rings. The molecule has 0 atom stereocenters. The van der Waals surface area contributed by atoms with Crippen molar-refractivity contribution >= 4 is 23.2 Å². The lowest BCUT2D eigenvalue weighted by atomic mass is 10.1. The Labute approximate surface area is 137 Å². The van der Waals surface area contributed by atoms with Gasteiger partial charge in [0.2, 0.25) is 0 Å². The molecule has 23 heavy (non-hydrogen) atoms. The number of hydrogen-bond acceptors (Lipinski definition) is 4. The van der Waals surface area contributed by atoms with Gasteiger partial charge in [-0.15, -0.1) is 0 Å². The molecule has 1 N–H and O–H groups in total. The molecule has 0 spiro atoms. The number of amides is 1. The van der Waals surface area contributed by atoms with Crippen LogP contribution in [0.2, 0.25) is 5.02 Å². The van der Waals surface area contributed by atoms with E-state index in [-0.39, 0.29) is 5.69 Å². The Hall–Kier alpha value is -2.79. The van der Waals surface area contributed by atoms with E-state index in [9.17, 15) is 4.79 Å². The Morgan fingerprint density at radius 2 is 2.00 bits per heavy atom. The predicted molar refractivity (Wildman–Crippen MR) is 87.9 cm³/mol. The van der Waals surface area contributed by atoms with E-state index in [1.54, 1.807) is 43.5 Å². The monoisotopic (exact) mass is 328 g/mol. The number of aromatic nitrogens is 1. The topological polar surface area (TPSA) is 64.4 Å². The number of benzene rings is 2. The molecule has 0 saturated heterocycles. The standard InChI is InChI=1S/C17H13ClN2O3/c1-22-12-6-4-5-11(9-12)16-10-15(20-23-16)17(21)19-14-8-3-2-7-13(14)18/h2-10H,1H3,(H,19,21). The van der Waals surface area contributed by atoms with Gasteiger partial charge in [-0.05, 0) is 24.3 Å². The molecule has 3 rings (SSSR count). The van der Waals surface area contributed by atoms with E-state index in [0.29, 0.717) is 22.2 Å². The van der Waals surface area contributed by atoms with Crippen LogP contribution in [0.4, 0.5) is 5.69 Å². The maximum atomic E-state index is 12.2. The average molecular weight is 329 g/mol. The van der Waals surface area contributed by atoms with Gasteiger partial charge in [-0.3, -0.25) is 4.79 Å². The van der Waals surface area contributed by atoms with Crippen LogP contribution in [0.25, 0.3) is 11.3 Å². The number of ether oxygens (including phenoxy) is 1. The lowest BCUT2D eigenvalue weighted by molar-refractivity contribution is 0.101. The Kier molecular flexibility index (Phi) is 4.30. The summed E-state index contributed by atoms with van der Waals surface area (Å²) in [6, 6.07) is 15.9. The molecule has 0 saturated carbocycles. The van der Waals surface area contributed by atoms with Crippen LogP contribution in [0.3, 0.4) is 0 Å². The number of nitrogens with zero attached hydrogens (tertiary/aromatic N) is 1. The fourth-order valence-corrected chi connectivity index (χ4v) is 2.23. The first-order valence-corrected chi connectivity index (χ1v) is 7.22. The molecule has 1 aromatic heterocycles. The first-order chi connectivity index (χ1) is 11.2. The largest absolute Gasteiger partial charge is 0.497 e. The van der Waals surface area contributed by atoms with Crippen LogP contribution in [-0.2, 0) is 0 Å². The minimum absolute atomic E-state index is 0.169. The van der Waals surface area contributed by atoms with Crippen molar-refractivity contribution in [2.24, 2.45) is 0 Å². The summed E-state index contributed by atoms with van der Waals surface area (Å²) < 4.78 is 10.4. The molecule has 1 amide bonds. The van der Waals surface area contributed by atoms with E-state index in [1.807, 2.05) is 18.2 Å². The maximum Gasteiger partial charge on any atom is 0.277 e. The third-order valence-corrected chi connectivity index (χ3v) is 3.55.